The van der Waals surface area contributed by atoms with Crippen molar-refractivity contribution >= 4 is 11.6 Å². The SMILES string of the molecule is O=C(Nc1cnn(-c2ccccn2)c1)[C@@H]1C[C@H](Oc2ccncc2)CN1. The Kier molecular flexibility index (Phi) is 4.57. The van der Waals surface area contributed by atoms with Crippen molar-refractivity contribution in [2.75, 3.05) is 11.9 Å². The summed E-state index contributed by atoms with van der Waals surface area (Å²) in [6.45, 7) is 0.619. The molecule has 1 saturated heterocycles. The molecule has 0 aliphatic carbocycles. The molecule has 8 heteroatoms. The van der Waals surface area contributed by atoms with Crippen LogP contribution in [0.2, 0.25) is 0 Å². The second kappa shape index (κ2) is 7.32. The number of rotatable bonds is 5. The van der Waals surface area contributed by atoms with Crippen LogP contribution in [0.4, 0.5) is 5.69 Å². The maximum Gasteiger partial charge on any atom is 0.241 e. The fourth-order valence-electron chi connectivity index (χ4n) is 2.83. The summed E-state index contributed by atoms with van der Waals surface area (Å²) in [6.07, 6.45) is 8.95. The van der Waals surface area contributed by atoms with Crippen LogP contribution in [0.1, 0.15) is 6.42 Å². The minimum atomic E-state index is -0.306. The molecule has 1 aliphatic heterocycles. The average Bonchev–Trinajstić information content (AvgIpc) is 3.33. The molecule has 4 rings (SSSR count). The van der Waals surface area contributed by atoms with Gasteiger partial charge in [0.2, 0.25) is 5.91 Å². The fourth-order valence-corrected chi connectivity index (χ4v) is 2.83. The Labute approximate surface area is 150 Å². The monoisotopic (exact) mass is 350 g/mol. The predicted molar refractivity (Wildman–Crippen MR) is 95.0 cm³/mol. The zero-order valence-electron chi connectivity index (χ0n) is 13.9. The number of carbonyl (C=O) groups is 1. The molecular formula is C18H18N6O2. The third-order valence-corrected chi connectivity index (χ3v) is 4.09. The highest BCUT2D eigenvalue weighted by Gasteiger charge is 2.30. The van der Waals surface area contributed by atoms with E-state index in [0.29, 0.717) is 24.5 Å². The van der Waals surface area contributed by atoms with E-state index >= 15 is 0 Å². The standard InChI is InChI=1S/C18H18N6O2/c25-18(16-9-15(11-21-16)26-14-4-7-19-8-5-14)23-13-10-22-24(12-13)17-3-1-2-6-20-17/h1-8,10,12,15-16,21H,9,11H2,(H,23,25)/t15-,16-/m0/s1. The van der Waals surface area contributed by atoms with Crippen LogP contribution in [0.5, 0.6) is 5.75 Å². The molecule has 3 aromatic rings. The second-order valence-corrected chi connectivity index (χ2v) is 5.97. The Hall–Kier alpha value is -3.26. The van der Waals surface area contributed by atoms with Crippen LogP contribution in [0.25, 0.3) is 5.82 Å². The first-order valence-corrected chi connectivity index (χ1v) is 8.35. The van der Waals surface area contributed by atoms with Crippen molar-refractivity contribution in [3.8, 4) is 11.6 Å². The Bertz CT molecular complexity index is 868. The molecule has 8 nitrogen and oxygen atoms in total. The van der Waals surface area contributed by atoms with Gasteiger partial charge in [-0.05, 0) is 24.3 Å². The molecule has 2 atom stereocenters. The average molecular weight is 350 g/mol. The minimum absolute atomic E-state index is 0.0515. The van der Waals surface area contributed by atoms with E-state index in [4.69, 9.17) is 4.74 Å². The summed E-state index contributed by atoms with van der Waals surface area (Å²) in [4.78, 5) is 20.7. The van der Waals surface area contributed by atoms with Crippen molar-refractivity contribution < 1.29 is 9.53 Å². The van der Waals surface area contributed by atoms with Crippen molar-refractivity contribution in [3.63, 3.8) is 0 Å². The first-order valence-electron chi connectivity index (χ1n) is 8.35. The molecule has 4 heterocycles. The zero-order chi connectivity index (χ0) is 17.8. The zero-order valence-corrected chi connectivity index (χ0v) is 13.9. The summed E-state index contributed by atoms with van der Waals surface area (Å²) in [5.41, 5.74) is 0.626. The molecule has 0 bridgehead atoms. The van der Waals surface area contributed by atoms with Gasteiger partial charge in [-0.25, -0.2) is 9.67 Å². The van der Waals surface area contributed by atoms with Gasteiger partial charge in [0.05, 0.1) is 24.1 Å². The first kappa shape index (κ1) is 16.2. The number of hydrogen-bond acceptors (Lipinski definition) is 6. The summed E-state index contributed by atoms with van der Waals surface area (Å²) >= 11 is 0. The molecule has 0 unspecified atom stereocenters. The van der Waals surface area contributed by atoms with Crippen LogP contribution < -0.4 is 15.4 Å². The van der Waals surface area contributed by atoms with E-state index in [0.717, 1.165) is 5.75 Å². The van der Waals surface area contributed by atoms with Crippen LogP contribution in [0, 0.1) is 0 Å². The summed E-state index contributed by atoms with van der Waals surface area (Å²) in [5, 5.41) is 10.3. The Balaban J connectivity index is 1.34. The normalized spacial score (nSPS) is 19.2. The number of ether oxygens (including phenoxy) is 1. The Morgan fingerprint density at radius 3 is 2.92 bits per heavy atom. The van der Waals surface area contributed by atoms with Gasteiger partial charge in [0.15, 0.2) is 5.82 Å². The Morgan fingerprint density at radius 2 is 2.12 bits per heavy atom. The summed E-state index contributed by atoms with van der Waals surface area (Å²) in [5.74, 6) is 1.34. The third-order valence-electron chi connectivity index (χ3n) is 4.09. The molecule has 0 aromatic carbocycles. The smallest absolute Gasteiger partial charge is 0.241 e. The maximum absolute atomic E-state index is 12.5. The number of nitrogens with zero attached hydrogens (tertiary/aromatic N) is 4. The van der Waals surface area contributed by atoms with Gasteiger partial charge in [-0.15, -0.1) is 0 Å². The quantitative estimate of drug-likeness (QED) is 0.723. The predicted octanol–water partition coefficient (Wildman–Crippen LogP) is 1.41. The lowest BCUT2D eigenvalue weighted by atomic mass is 10.2. The number of pyridine rings is 2. The summed E-state index contributed by atoms with van der Waals surface area (Å²) < 4.78 is 7.48. The van der Waals surface area contributed by atoms with Crippen LogP contribution in [0.15, 0.2) is 61.3 Å². The molecule has 1 fully saturated rings. The number of carbonyl (C=O) groups excluding carboxylic acids is 1. The van der Waals surface area contributed by atoms with Crippen molar-refractivity contribution in [2.45, 2.75) is 18.6 Å². The van der Waals surface area contributed by atoms with Gasteiger partial charge in [-0.1, -0.05) is 6.07 Å². The van der Waals surface area contributed by atoms with Gasteiger partial charge < -0.3 is 15.4 Å². The van der Waals surface area contributed by atoms with Gasteiger partial charge in [0.25, 0.3) is 0 Å². The maximum atomic E-state index is 12.5. The molecule has 26 heavy (non-hydrogen) atoms. The van der Waals surface area contributed by atoms with Crippen molar-refractivity contribution in [1.82, 2.24) is 25.1 Å². The number of hydrogen-bond donors (Lipinski definition) is 2. The summed E-state index contributed by atoms with van der Waals surface area (Å²) in [6, 6.07) is 8.87. The summed E-state index contributed by atoms with van der Waals surface area (Å²) in [7, 11) is 0. The van der Waals surface area contributed by atoms with E-state index in [1.807, 2.05) is 18.2 Å². The fraction of sp³-hybridized carbons (Fsp3) is 0.222. The number of amides is 1. The second-order valence-electron chi connectivity index (χ2n) is 5.97. The van der Waals surface area contributed by atoms with Gasteiger partial charge in [-0.2, -0.15) is 5.10 Å². The molecule has 3 aromatic heterocycles. The van der Waals surface area contributed by atoms with E-state index in [-0.39, 0.29) is 18.1 Å². The van der Waals surface area contributed by atoms with E-state index in [2.05, 4.69) is 25.7 Å². The van der Waals surface area contributed by atoms with Crippen molar-refractivity contribution in [2.24, 2.45) is 0 Å². The van der Waals surface area contributed by atoms with Gasteiger partial charge in [-0.3, -0.25) is 9.78 Å². The topological polar surface area (TPSA) is 94.0 Å². The van der Waals surface area contributed by atoms with Gasteiger partial charge in [0, 0.05) is 31.6 Å². The first-order chi connectivity index (χ1) is 12.8. The van der Waals surface area contributed by atoms with E-state index < -0.39 is 0 Å². The lowest BCUT2D eigenvalue weighted by Crippen LogP contribution is -2.35. The molecule has 1 aliphatic rings. The molecule has 1 amide bonds. The van der Waals surface area contributed by atoms with E-state index in [1.165, 1.54) is 0 Å². The third kappa shape index (κ3) is 3.70. The highest BCUT2D eigenvalue weighted by atomic mass is 16.5. The van der Waals surface area contributed by atoms with Crippen LogP contribution in [0.3, 0.4) is 0 Å². The molecule has 0 saturated carbocycles. The molecule has 0 spiro atoms. The molecule has 132 valence electrons. The number of aromatic nitrogens is 4. The largest absolute Gasteiger partial charge is 0.489 e. The Morgan fingerprint density at radius 1 is 1.23 bits per heavy atom. The molecular weight excluding hydrogens is 332 g/mol. The van der Waals surface area contributed by atoms with Crippen LogP contribution in [-0.2, 0) is 4.79 Å². The number of anilines is 1. The van der Waals surface area contributed by atoms with Crippen molar-refractivity contribution in [3.05, 3.63) is 61.3 Å². The van der Waals surface area contributed by atoms with Gasteiger partial charge in [0.1, 0.15) is 11.9 Å². The molecule has 0 radical (unpaired) electrons. The highest BCUT2D eigenvalue weighted by molar-refractivity contribution is 5.94. The minimum Gasteiger partial charge on any atom is -0.489 e. The van der Waals surface area contributed by atoms with E-state index in [1.54, 1.807) is 47.8 Å². The number of nitrogens with one attached hydrogen (secondary N) is 2. The van der Waals surface area contributed by atoms with Crippen molar-refractivity contribution in [1.29, 1.82) is 0 Å². The van der Waals surface area contributed by atoms with E-state index in [9.17, 15) is 4.79 Å². The molecule has 2 N–H and O–H groups in total. The highest BCUT2D eigenvalue weighted by Crippen LogP contribution is 2.17. The lowest BCUT2D eigenvalue weighted by Gasteiger charge is -2.12. The van der Waals surface area contributed by atoms with Crippen LogP contribution in [-0.4, -0.2) is 44.3 Å². The van der Waals surface area contributed by atoms with Gasteiger partial charge >= 0.3 is 0 Å². The lowest BCUT2D eigenvalue weighted by molar-refractivity contribution is -0.117. The van der Waals surface area contributed by atoms with Crippen LogP contribution >= 0.6 is 0 Å².